The summed E-state index contributed by atoms with van der Waals surface area (Å²) in [5.41, 5.74) is -7.34. The van der Waals surface area contributed by atoms with Gasteiger partial charge in [0.15, 0.2) is 0 Å². The molecule has 1 aromatic rings. The van der Waals surface area contributed by atoms with Crippen molar-refractivity contribution in [3.8, 4) is 12.1 Å². The fourth-order valence-electron chi connectivity index (χ4n) is 1.83. The molecular weight excluding hydrogens is 300 g/mol. The Labute approximate surface area is 120 Å². The number of benzene rings is 1. The van der Waals surface area contributed by atoms with Crippen LogP contribution in [0.4, 0.5) is 0 Å². The standard InChI is InChI=1S/C12H4N2O8/c13-1-3-5(9(15)16)7(11(19)20)4(2-14)8(12(21)22)6(3)10(17)18/h(H,15,16)(H,17,18)(H,19,20)(H,21,22). The summed E-state index contributed by atoms with van der Waals surface area (Å²) in [5, 5.41) is 53.9. The Balaban J connectivity index is 4.37. The van der Waals surface area contributed by atoms with Crippen LogP contribution in [0.5, 0.6) is 0 Å². The Morgan fingerprint density at radius 1 is 0.591 bits per heavy atom. The number of carbonyl (C=O) groups is 4. The molecule has 0 unspecified atom stereocenters. The van der Waals surface area contributed by atoms with Gasteiger partial charge in [0.05, 0.1) is 33.4 Å². The monoisotopic (exact) mass is 304 g/mol. The van der Waals surface area contributed by atoms with Gasteiger partial charge in [-0.1, -0.05) is 0 Å². The number of carboxylic acid groups (broad SMARTS) is 4. The number of nitriles is 2. The van der Waals surface area contributed by atoms with E-state index in [4.69, 9.17) is 30.9 Å². The van der Waals surface area contributed by atoms with Gasteiger partial charge in [-0.15, -0.1) is 0 Å². The van der Waals surface area contributed by atoms with Crippen molar-refractivity contribution in [3.05, 3.63) is 33.4 Å². The van der Waals surface area contributed by atoms with Crippen molar-refractivity contribution in [1.29, 1.82) is 10.5 Å². The van der Waals surface area contributed by atoms with Crippen LogP contribution in [0.25, 0.3) is 0 Å². The molecule has 0 aliphatic rings. The van der Waals surface area contributed by atoms with Gasteiger partial charge < -0.3 is 20.4 Å². The van der Waals surface area contributed by atoms with Crippen molar-refractivity contribution >= 4 is 23.9 Å². The van der Waals surface area contributed by atoms with Gasteiger partial charge in [0, 0.05) is 0 Å². The predicted molar refractivity (Wildman–Crippen MR) is 63.7 cm³/mol. The Bertz CT molecular complexity index is 703. The molecule has 0 spiro atoms. The average Bonchev–Trinajstić information content (AvgIpc) is 2.42. The Kier molecular flexibility index (Phi) is 4.11. The average molecular weight is 304 g/mol. The quantitative estimate of drug-likeness (QED) is 0.596. The van der Waals surface area contributed by atoms with Crippen molar-refractivity contribution in [1.82, 2.24) is 0 Å². The highest BCUT2D eigenvalue weighted by atomic mass is 16.4. The lowest BCUT2D eigenvalue weighted by Crippen LogP contribution is -2.22. The Morgan fingerprint density at radius 2 is 0.773 bits per heavy atom. The minimum atomic E-state index is -1.98. The molecule has 1 aromatic carbocycles. The summed E-state index contributed by atoms with van der Waals surface area (Å²) in [5.74, 6) is -7.93. The summed E-state index contributed by atoms with van der Waals surface area (Å²) >= 11 is 0. The van der Waals surface area contributed by atoms with Crippen LogP contribution in [0.2, 0.25) is 0 Å². The number of carboxylic acids is 4. The number of rotatable bonds is 4. The van der Waals surface area contributed by atoms with Gasteiger partial charge in [-0.25, -0.2) is 19.2 Å². The lowest BCUT2D eigenvalue weighted by molar-refractivity contribution is 0.0635. The van der Waals surface area contributed by atoms with Gasteiger partial charge in [0.25, 0.3) is 0 Å². The number of hydrogen-bond acceptors (Lipinski definition) is 6. The molecule has 0 saturated heterocycles. The van der Waals surface area contributed by atoms with Crippen LogP contribution >= 0.6 is 0 Å². The van der Waals surface area contributed by atoms with Gasteiger partial charge in [0.2, 0.25) is 0 Å². The summed E-state index contributed by atoms with van der Waals surface area (Å²) in [4.78, 5) is 44.7. The van der Waals surface area contributed by atoms with Crippen LogP contribution < -0.4 is 0 Å². The highest BCUT2D eigenvalue weighted by Crippen LogP contribution is 2.28. The molecule has 0 aliphatic carbocycles. The molecule has 1 rings (SSSR count). The molecule has 0 radical (unpaired) electrons. The van der Waals surface area contributed by atoms with E-state index in [2.05, 4.69) is 0 Å². The zero-order chi connectivity index (χ0) is 17.2. The van der Waals surface area contributed by atoms with E-state index in [1.165, 1.54) is 12.1 Å². The SMILES string of the molecule is N#Cc1c(C(=O)O)c(C(=O)O)c(C#N)c(C(=O)O)c1C(=O)O. The first-order chi connectivity index (χ1) is 10.2. The van der Waals surface area contributed by atoms with Gasteiger partial charge in [-0.2, -0.15) is 10.5 Å². The molecule has 0 aromatic heterocycles. The molecule has 0 atom stereocenters. The summed E-state index contributed by atoms with van der Waals surface area (Å²) in [7, 11) is 0. The van der Waals surface area contributed by atoms with Crippen LogP contribution in [-0.4, -0.2) is 44.3 Å². The normalized spacial score (nSPS) is 9.36. The van der Waals surface area contributed by atoms with Crippen LogP contribution in [-0.2, 0) is 0 Å². The zero-order valence-corrected chi connectivity index (χ0v) is 10.3. The molecule has 0 fully saturated rings. The first-order valence-corrected chi connectivity index (χ1v) is 5.16. The molecule has 0 bridgehead atoms. The van der Waals surface area contributed by atoms with Crippen molar-refractivity contribution in [2.75, 3.05) is 0 Å². The lowest BCUT2D eigenvalue weighted by atomic mass is 9.87. The molecule has 0 amide bonds. The Morgan fingerprint density at radius 3 is 0.864 bits per heavy atom. The van der Waals surface area contributed by atoms with E-state index >= 15 is 0 Å². The first kappa shape index (κ1) is 16.1. The van der Waals surface area contributed by atoms with E-state index in [1.54, 1.807) is 0 Å². The Hall–Kier alpha value is -3.92. The van der Waals surface area contributed by atoms with Crippen molar-refractivity contribution in [2.45, 2.75) is 0 Å². The predicted octanol–water partition coefficient (Wildman–Crippen LogP) is 0.223. The van der Waals surface area contributed by atoms with Crippen molar-refractivity contribution in [3.63, 3.8) is 0 Å². The second-order valence-electron chi connectivity index (χ2n) is 3.69. The second-order valence-corrected chi connectivity index (χ2v) is 3.69. The van der Waals surface area contributed by atoms with E-state index in [-0.39, 0.29) is 0 Å². The molecule has 110 valence electrons. The second kappa shape index (κ2) is 5.60. The molecule has 10 nitrogen and oxygen atoms in total. The topological polar surface area (TPSA) is 197 Å². The zero-order valence-electron chi connectivity index (χ0n) is 10.3. The van der Waals surface area contributed by atoms with E-state index in [9.17, 15) is 19.2 Å². The molecular formula is C12H4N2O8. The van der Waals surface area contributed by atoms with Crippen LogP contribution in [0.3, 0.4) is 0 Å². The summed E-state index contributed by atoms with van der Waals surface area (Å²) in [6.07, 6.45) is 0. The van der Waals surface area contributed by atoms with Gasteiger partial charge in [0.1, 0.15) is 12.1 Å². The maximum Gasteiger partial charge on any atom is 0.338 e. The van der Waals surface area contributed by atoms with Crippen molar-refractivity contribution in [2.24, 2.45) is 0 Å². The molecule has 10 heteroatoms. The largest absolute Gasteiger partial charge is 0.478 e. The van der Waals surface area contributed by atoms with Gasteiger partial charge >= 0.3 is 23.9 Å². The van der Waals surface area contributed by atoms with Crippen molar-refractivity contribution < 1.29 is 39.6 Å². The number of aromatic carboxylic acids is 4. The minimum Gasteiger partial charge on any atom is -0.478 e. The molecule has 22 heavy (non-hydrogen) atoms. The highest BCUT2D eigenvalue weighted by molar-refractivity contribution is 6.14. The lowest BCUT2D eigenvalue weighted by Gasteiger charge is -2.12. The molecule has 0 aliphatic heterocycles. The highest BCUT2D eigenvalue weighted by Gasteiger charge is 2.35. The molecule has 4 N–H and O–H groups in total. The van der Waals surface area contributed by atoms with Gasteiger partial charge in [-0.3, -0.25) is 0 Å². The maximum absolute atomic E-state index is 11.2. The van der Waals surface area contributed by atoms with E-state index < -0.39 is 57.3 Å². The maximum atomic E-state index is 11.2. The summed E-state index contributed by atoms with van der Waals surface area (Å²) < 4.78 is 0. The van der Waals surface area contributed by atoms with Crippen LogP contribution in [0.15, 0.2) is 0 Å². The minimum absolute atomic E-state index is 1.16. The molecule has 0 saturated carbocycles. The first-order valence-electron chi connectivity index (χ1n) is 5.16. The third-order valence-corrected chi connectivity index (χ3v) is 2.58. The smallest absolute Gasteiger partial charge is 0.338 e. The fourth-order valence-corrected chi connectivity index (χ4v) is 1.83. The summed E-state index contributed by atoms with van der Waals surface area (Å²) in [6, 6.07) is 2.34. The summed E-state index contributed by atoms with van der Waals surface area (Å²) in [6.45, 7) is 0. The third-order valence-electron chi connectivity index (χ3n) is 2.58. The molecule has 0 heterocycles. The number of hydrogen-bond donors (Lipinski definition) is 4. The van der Waals surface area contributed by atoms with Crippen LogP contribution in [0.1, 0.15) is 52.6 Å². The van der Waals surface area contributed by atoms with E-state index in [0.29, 0.717) is 0 Å². The van der Waals surface area contributed by atoms with Crippen LogP contribution in [0, 0.1) is 22.7 Å². The third kappa shape index (κ3) is 2.28. The fraction of sp³-hybridized carbons (Fsp3) is 0. The van der Waals surface area contributed by atoms with E-state index in [1.807, 2.05) is 0 Å². The van der Waals surface area contributed by atoms with Gasteiger partial charge in [-0.05, 0) is 0 Å². The number of nitrogens with zero attached hydrogens (tertiary/aromatic N) is 2. The van der Waals surface area contributed by atoms with E-state index in [0.717, 1.165) is 0 Å².